The molecule has 1 aromatic carbocycles. The van der Waals surface area contributed by atoms with Crippen LogP contribution in [0.25, 0.3) is 5.69 Å². The smallest absolute Gasteiger partial charge is 0.257 e. The predicted octanol–water partition coefficient (Wildman–Crippen LogP) is 4.62. The van der Waals surface area contributed by atoms with Crippen LogP contribution < -0.4 is 0 Å². The summed E-state index contributed by atoms with van der Waals surface area (Å²) in [5.41, 5.74) is 4.59. The molecule has 0 fully saturated rings. The van der Waals surface area contributed by atoms with E-state index in [1.807, 2.05) is 41.9 Å². The van der Waals surface area contributed by atoms with Crippen molar-refractivity contribution >= 4 is 17.5 Å². The molecule has 0 unspecified atom stereocenters. The molecule has 1 amide bonds. The van der Waals surface area contributed by atoms with Crippen LogP contribution in [0.3, 0.4) is 0 Å². The van der Waals surface area contributed by atoms with Crippen LogP contribution in [0.2, 0.25) is 5.15 Å². The Bertz CT molecular complexity index is 930. The molecule has 5 nitrogen and oxygen atoms in total. The molecule has 0 atom stereocenters. The van der Waals surface area contributed by atoms with E-state index in [1.165, 1.54) is 5.56 Å². The minimum absolute atomic E-state index is 0.0630. The molecule has 0 saturated heterocycles. The molecule has 0 N–H and O–H groups in total. The van der Waals surface area contributed by atoms with Crippen molar-refractivity contribution in [3.63, 3.8) is 0 Å². The number of halogens is 1. The van der Waals surface area contributed by atoms with Gasteiger partial charge >= 0.3 is 0 Å². The van der Waals surface area contributed by atoms with Crippen molar-refractivity contribution < 1.29 is 4.79 Å². The summed E-state index contributed by atoms with van der Waals surface area (Å²) in [4.78, 5) is 18.8. The molecular formula is C21H23ClN4O. The number of nitrogens with zero attached hydrogens (tertiary/aromatic N) is 4. The lowest BCUT2D eigenvalue weighted by Crippen LogP contribution is -2.27. The average molecular weight is 383 g/mol. The molecule has 3 aromatic rings. The van der Waals surface area contributed by atoms with Crippen LogP contribution in [0, 0.1) is 6.92 Å². The lowest BCUT2D eigenvalue weighted by atomic mass is 10.0. The molecule has 0 saturated carbocycles. The van der Waals surface area contributed by atoms with E-state index in [4.69, 9.17) is 11.6 Å². The molecule has 0 spiro atoms. The average Bonchev–Trinajstić information content (AvgIpc) is 3.09. The van der Waals surface area contributed by atoms with Gasteiger partial charge in [0.2, 0.25) is 0 Å². The number of carbonyl (C=O) groups excluding carboxylic acids is 1. The second-order valence-corrected chi connectivity index (χ2v) is 7.38. The third-order valence-electron chi connectivity index (χ3n) is 4.42. The Hall–Kier alpha value is -2.66. The summed E-state index contributed by atoms with van der Waals surface area (Å²) >= 11 is 5.83. The first kappa shape index (κ1) is 19.1. The second-order valence-electron chi connectivity index (χ2n) is 7.00. The summed E-state index contributed by atoms with van der Waals surface area (Å²) in [5, 5.41) is 4.94. The van der Waals surface area contributed by atoms with E-state index in [-0.39, 0.29) is 11.8 Å². The third kappa shape index (κ3) is 4.19. The van der Waals surface area contributed by atoms with Gasteiger partial charge in [0.25, 0.3) is 5.91 Å². The van der Waals surface area contributed by atoms with Crippen LogP contribution in [0.1, 0.15) is 46.9 Å². The molecule has 0 aliphatic rings. The number of rotatable bonds is 5. The van der Waals surface area contributed by atoms with E-state index in [1.54, 1.807) is 30.4 Å². The fourth-order valence-corrected chi connectivity index (χ4v) is 3.13. The lowest BCUT2D eigenvalue weighted by molar-refractivity contribution is 0.0783. The first-order valence-corrected chi connectivity index (χ1v) is 9.25. The molecule has 2 aromatic heterocycles. The molecular weight excluding hydrogens is 360 g/mol. The summed E-state index contributed by atoms with van der Waals surface area (Å²) in [5.74, 6) is 0.0883. The van der Waals surface area contributed by atoms with Gasteiger partial charge in [0.1, 0.15) is 5.15 Å². The van der Waals surface area contributed by atoms with Crippen LogP contribution >= 0.6 is 11.6 Å². The molecule has 0 aliphatic heterocycles. The van der Waals surface area contributed by atoms with Gasteiger partial charge in [0.15, 0.2) is 0 Å². The Balaban J connectivity index is 1.90. The zero-order valence-corrected chi connectivity index (χ0v) is 16.7. The Morgan fingerprint density at radius 1 is 1.15 bits per heavy atom. The van der Waals surface area contributed by atoms with Crippen LogP contribution in [0.4, 0.5) is 0 Å². The summed E-state index contributed by atoms with van der Waals surface area (Å²) in [6.07, 6.45) is 3.35. The summed E-state index contributed by atoms with van der Waals surface area (Å²) in [6.45, 7) is 6.64. The van der Waals surface area contributed by atoms with E-state index >= 15 is 0 Å². The van der Waals surface area contributed by atoms with Crippen molar-refractivity contribution in [2.45, 2.75) is 33.2 Å². The third-order valence-corrected chi connectivity index (χ3v) is 4.64. The fourth-order valence-electron chi connectivity index (χ4n) is 3.02. The van der Waals surface area contributed by atoms with Crippen molar-refractivity contribution in [1.29, 1.82) is 0 Å². The number of amides is 1. The van der Waals surface area contributed by atoms with Crippen molar-refractivity contribution in [3.05, 3.63) is 76.3 Å². The van der Waals surface area contributed by atoms with E-state index in [2.05, 4.69) is 23.9 Å². The van der Waals surface area contributed by atoms with Crippen molar-refractivity contribution in [3.8, 4) is 5.69 Å². The second kappa shape index (κ2) is 7.92. The van der Waals surface area contributed by atoms with Gasteiger partial charge in [-0.2, -0.15) is 5.10 Å². The largest absolute Gasteiger partial charge is 0.337 e. The van der Waals surface area contributed by atoms with Gasteiger partial charge in [-0.25, -0.2) is 9.67 Å². The highest BCUT2D eigenvalue weighted by Crippen LogP contribution is 2.24. The molecule has 0 bridgehead atoms. The van der Waals surface area contributed by atoms with Gasteiger partial charge < -0.3 is 4.90 Å². The Morgan fingerprint density at radius 2 is 1.85 bits per heavy atom. The number of aromatic nitrogens is 3. The lowest BCUT2D eigenvalue weighted by Gasteiger charge is -2.19. The van der Waals surface area contributed by atoms with Gasteiger partial charge in [-0.05, 0) is 36.6 Å². The minimum atomic E-state index is -0.0630. The van der Waals surface area contributed by atoms with Crippen molar-refractivity contribution in [2.24, 2.45) is 0 Å². The first-order valence-electron chi connectivity index (χ1n) is 8.87. The minimum Gasteiger partial charge on any atom is -0.337 e. The number of pyridine rings is 1. The van der Waals surface area contributed by atoms with E-state index in [0.717, 1.165) is 16.9 Å². The number of benzene rings is 1. The summed E-state index contributed by atoms with van der Waals surface area (Å²) < 4.78 is 1.86. The molecule has 2 heterocycles. The molecule has 6 heteroatoms. The van der Waals surface area contributed by atoms with Crippen LogP contribution in [0.5, 0.6) is 0 Å². The maximum Gasteiger partial charge on any atom is 0.257 e. The number of hydrogen-bond donors (Lipinski definition) is 0. The number of hydrogen-bond acceptors (Lipinski definition) is 3. The maximum absolute atomic E-state index is 13.1. The van der Waals surface area contributed by atoms with E-state index in [9.17, 15) is 4.79 Å². The van der Waals surface area contributed by atoms with Crippen LogP contribution in [0.15, 0.2) is 48.8 Å². The predicted molar refractivity (Wildman–Crippen MR) is 107 cm³/mol. The van der Waals surface area contributed by atoms with Gasteiger partial charge in [-0.3, -0.25) is 4.79 Å². The van der Waals surface area contributed by atoms with Gasteiger partial charge in [-0.15, -0.1) is 0 Å². The molecule has 0 radical (unpaired) electrons. The molecule has 0 aliphatic carbocycles. The number of aryl methyl sites for hydroxylation is 1. The van der Waals surface area contributed by atoms with Gasteiger partial charge in [0, 0.05) is 19.8 Å². The SMILES string of the molecule is Cc1ccc(-n2ncc(C(=O)N(C)Cc3ccc(Cl)nc3)c2C(C)C)cc1. The summed E-state index contributed by atoms with van der Waals surface area (Å²) in [6, 6.07) is 11.7. The van der Waals surface area contributed by atoms with Crippen LogP contribution in [-0.4, -0.2) is 32.6 Å². The summed E-state index contributed by atoms with van der Waals surface area (Å²) in [7, 11) is 1.78. The standard InChI is InChI=1S/C21H23ClN4O/c1-14(2)20-18(12-24-26(20)17-8-5-15(3)6-9-17)21(27)25(4)13-16-7-10-19(22)23-11-16/h5-12,14H,13H2,1-4H3. The van der Waals surface area contributed by atoms with E-state index in [0.29, 0.717) is 17.3 Å². The van der Waals surface area contributed by atoms with Crippen molar-refractivity contribution in [2.75, 3.05) is 7.05 Å². The van der Waals surface area contributed by atoms with Gasteiger partial charge in [0.05, 0.1) is 23.1 Å². The first-order chi connectivity index (χ1) is 12.9. The maximum atomic E-state index is 13.1. The molecule has 27 heavy (non-hydrogen) atoms. The number of carbonyl (C=O) groups is 1. The highest BCUT2D eigenvalue weighted by Gasteiger charge is 2.23. The monoisotopic (exact) mass is 382 g/mol. The van der Waals surface area contributed by atoms with Crippen LogP contribution in [-0.2, 0) is 6.54 Å². The zero-order chi connectivity index (χ0) is 19.6. The highest BCUT2D eigenvalue weighted by atomic mass is 35.5. The van der Waals surface area contributed by atoms with Crippen molar-refractivity contribution in [1.82, 2.24) is 19.7 Å². The van der Waals surface area contributed by atoms with Gasteiger partial charge in [-0.1, -0.05) is 49.2 Å². The normalized spacial score (nSPS) is 11.0. The Kier molecular flexibility index (Phi) is 5.61. The van der Waals surface area contributed by atoms with E-state index < -0.39 is 0 Å². The molecule has 3 rings (SSSR count). The molecule has 140 valence electrons. The zero-order valence-electron chi connectivity index (χ0n) is 16.0. The highest BCUT2D eigenvalue weighted by molar-refractivity contribution is 6.29. The Labute approximate surface area is 164 Å². The Morgan fingerprint density at radius 3 is 2.44 bits per heavy atom. The fraction of sp³-hybridized carbons (Fsp3) is 0.286. The topological polar surface area (TPSA) is 51.0 Å². The quantitative estimate of drug-likeness (QED) is 0.605.